The molecule has 1 N–H and O–H groups in total. The molecule has 1 heterocycles. The third-order valence-corrected chi connectivity index (χ3v) is 3.73. The number of aromatic nitrogens is 1. The molecular weight excluding hydrogens is 287 g/mol. The molecule has 0 fully saturated rings. The zero-order valence-corrected chi connectivity index (χ0v) is 13.1. The topological polar surface area (TPSA) is 24.9 Å². The Bertz CT molecular complexity index is 584. The zero-order valence-electron chi connectivity index (χ0n) is 12.4. The van der Waals surface area contributed by atoms with Gasteiger partial charge >= 0.3 is 0 Å². The maximum Gasteiger partial charge on any atom is 0.141 e. The second-order valence-electron chi connectivity index (χ2n) is 5.21. The number of aryl methyl sites for hydroxylation is 1. The fourth-order valence-electron chi connectivity index (χ4n) is 2.23. The van der Waals surface area contributed by atoms with Crippen molar-refractivity contribution in [2.24, 2.45) is 0 Å². The fourth-order valence-corrected chi connectivity index (χ4v) is 2.54. The lowest BCUT2D eigenvalue weighted by atomic mass is 10.0. The highest BCUT2D eigenvalue weighted by molar-refractivity contribution is 6.31. The molecule has 21 heavy (non-hydrogen) atoms. The molecule has 1 unspecified atom stereocenters. The molecular formula is C17H20ClFN2. The molecule has 0 radical (unpaired) electrons. The quantitative estimate of drug-likeness (QED) is 0.852. The zero-order chi connectivity index (χ0) is 15.2. The molecule has 1 aromatic carbocycles. The van der Waals surface area contributed by atoms with Crippen molar-refractivity contribution in [1.82, 2.24) is 10.3 Å². The Morgan fingerprint density at radius 3 is 2.71 bits per heavy atom. The molecule has 112 valence electrons. The average Bonchev–Trinajstić information content (AvgIpc) is 2.46. The molecule has 1 aromatic heterocycles. The van der Waals surface area contributed by atoms with Crippen molar-refractivity contribution >= 4 is 11.6 Å². The molecule has 0 saturated heterocycles. The first-order valence-electron chi connectivity index (χ1n) is 7.20. The van der Waals surface area contributed by atoms with E-state index in [1.54, 1.807) is 6.07 Å². The summed E-state index contributed by atoms with van der Waals surface area (Å²) in [7, 11) is 0. The van der Waals surface area contributed by atoms with Gasteiger partial charge in [0.05, 0.1) is 17.9 Å². The predicted octanol–water partition coefficient (Wildman–Crippen LogP) is 4.47. The number of hydrogen-bond acceptors (Lipinski definition) is 2. The highest BCUT2D eigenvalue weighted by Gasteiger charge is 2.15. The molecule has 4 heteroatoms. The van der Waals surface area contributed by atoms with Gasteiger partial charge in [0.2, 0.25) is 0 Å². The number of halogens is 2. The number of rotatable bonds is 6. The average molecular weight is 307 g/mol. The minimum atomic E-state index is -0.318. The minimum Gasteiger partial charge on any atom is -0.308 e. The van der Waals surface area contributed by atoms with Gasteiger partial charge in [-0.2, -0.15) is 0 Å². The van der Waals surface area contributed by atoms with E-state index < -0.39 is 0 Å². The van der Waals surface area contributed by atoms with Gasteiger partial charge in [-0.3, -0.25) is 4.98 Å². The maximum absolute atomic E-state index is 13.0. The molecule has 0 aliphatic heterocycles. The summed E-state index contributed by atoms with van der Waals surface area (Å²) < 4.78 is 13.0. The first-order chi connectivity index (χ1) is 10.1. The van der Waals surface area contributed by atoms with Crippen LogP contribution in [0.4, 0.5) is 4.39 Å². The summed E-state index contributed by atoms with van der Waals surface area (Å²) in [5.41, 5.74) is 3.05. The van der Waals surface area contributed by atoms with Crippen LogP contribution >= 0.6 is 11.6 Å². The van der Waals surface area contributed by atoms with Crippen LogP contribution in [0.25, 0.3) is 0 Å². The molecule has 0 aliphatic carbocycles. The molecule has 1 atom stereocenters. The van der Waals surface area contributed by atoms with Crippen LogP contribution in [0, 0.1) is 12.7 Å². The SMILES string of the molecule is CCCNC(Cc1ccc(C)cc1Cl)c1ccc(F)cn1. The minimum absolute atomic E-state index is 0.0331. The Hall–Kier alpha value is -1.45. The van der Waals surface area contributed by atoms with Crippen LogP contribution in [0.5, 0.6) is 0 Å². The number of benzene rings is 1. The number of nitrogens with one attached hydrogen (secondary N) is 1. The van der Waals surface area contributed by atoms with E-state index in [9.17, 15) is 4.39 Å². The summed E-state index contributed by atoms with van der Waals surface area (Å²) in [4.78, 5) is 4.19. The molecule has 0 amide bonds. The summed E-state index contributed by atoms with van der Waals surface area (Å²) >= 11 is 6.31. The van der Waals surface area contributed by atoms with E-state index in [2.05, 4.69) is 23.3 Å². The summed E-state index contributed by atoms with van der Waals surface area (Å²) in [6, 6.07) is 9.26. The standard InChI is InChI=1S/C17H20ClFN2/c1-3-8-20-17(16-7-6-14(19)11-21-16)10-13-5-4-12(2)9-15(13)18/h4-7,9,11,17,20H,3,8,10H2,1-2H3. The van der Waals surface area contributed by atoms with Crippen molar-refractivity contribution in [1.29, 1.82) is 0 Å². The van der Waals surface area contributed by atoms with Crippen molar-refractivity contribution in [2.45, 2.75) is 32.7 Å². The van der Waals surface area contributed by atoms with Crippen LogP contribution in [-0.4, -0.2) is 11.5 Å². The molecule has 2 aromatic rings. The summed E-state index contributed by atoms with van der Waals surface area (Å²) in [6.07, 6.45) is 3.02. The number of nitrogens with zero attached hydrogens (tertiary/aromatic N) is 1. The van der Waals surface area contributed by atoms with E-state index in [-0.39, 0.29) is 11.9 Å². The van der Waals surface area contributed by atoms with Crippen molar-refractivity contribution in [3.05, 3.63) is 64.2 Å². The van der Waals surface area contributed by atoms with Crippen LogP contribution in [0.15, 0.2) is 36.5 Å². The van der Waals surface area contributed by atoms with Crippen LogP contribution in [0.1, 0.15) is 36.2 Å². The van der Waals surface area contributed by atoms with Crippen molar-refractivity contribution in [3.8, 4) is 0 Å². The van der Waals surface area contributed by atoms with Gasteiger partial charge < -0.3 is 5.32 Å². The maximum atomic E-state index is 13.0. The highest BCUT2D eigenvalue weighted by atomic mass is 35.5. The summed E-state index contributed by atoms with van der Waals surface area (Å²) in [5, 5.41) is 4.22. The van der Waals surface area contributed by atoms with Crippen LogP contribution in [0.2, 0.25) is 5.02 Å². The first-order valence-corrected chi connectivity index (χ1v) is 7.57. The van der Waals surface area contributed by atoms with E-state index in [1.807, 2.05) is 19.1 Å². The lowest BCUT2D eigenvalue weighted by molar-refractivity contribution is 0.514. The van der Waals surface area contributed by atoms with E-state index in [1.165, 1.54) is 12.3 Å². The normalized spacial score (nSPS) is 12.4. The summed E-state index contributed by atoms with van der Waals surface area (Å²) in [6.45, 7) is 5.01. The summed E-state index contributed by atoms with van der Waals surface area (Å²) in [5.74, 6) is -0.318. The van der Waals surface area contributed by atoms with E-state index in [0.717, 1.165) is 41.2 Å². The van der Waals surface area contributed by atoms with Gasteiger partial charge in [-0.25, -0.2) is 4.39 Å². The van der Waals surface area contributed by atoms with Crippen LogP contribution in [0.3, 0.4) is 0 Å². The van der Waals surface area contributed by atoms with Gasteiger partial charge in [-0.05, 0) is 55.6 Å². The van der Waals surface area contributed by atoms with Crippen molar-refractivity contribution in [3.63, 3.8) is 0 Å². The molecule has 0 bridgehead atoms. The van der Waals surface area contributed by atoms with Gasteiger partial charge in [0, 0.05) is 5.02 Å². The van der Waals surface area contributed by atoms with Gasteiger partial charge in [-0.1, -0.05) is 30.7 Å². The number of hydrogen-bond donors (Lipinski definition) is 1. The van der Waals surface area contributed by atoms with E-state index in [0.29, 0.717) is 0 Å². The Kier molecular flexibility index (Phi) is 5.71. The monoisotopic (exact) mass is 306 g/mol. The van der Waals surface area contributed by atoms with Gasteiger partial charge in [-0.15, -0.1) is 0 Å². The molecule has 0 saturated carbocycles. The van der Waals surface area contributed by atoms with E-state index >= 15 is 0 Å². The largest absolute Gasteiger partial charge is 0.308 e. The first kappa shape index (κ1) is 15.9. The third kappa shape index (κ3) is 4.51. The molecule has 0 spiro atoms. The second kappa shape index (κ2) is 7.53. The van der Waals surface area contributed by atoms with Crippen molar-refractivity contribution in [2.75, 3.05) is 6.54 Å². The lowest BCUT2D eigenvalue weighted by Crippen LogP contribution is -2.25. The smallest absolute Gasteiger partial charge is 0.141 e. The Morgan fingerprint density at radius 1 is 1.29 bits per heavy atom. The lowest BCUT2D eigenvalue weighted by Gasteiger charge is -2.19. The van der Waals surface area contributed by atoms with Gasteiger partial charge in [0.25, 0.3) is 0 Å². The molecule has 2 rings (SSSR count). The molecule has 0 aliphatic rings. The van der Waals surface area contributed by atoms with Gasteiger partial charge in [0.15, 0.2) is 0 Å². The highest BCUT2D eigenvalue weighted by Crippen LogP contribution is 2.24. The predicted molar refractivity (Wildman–Crippen MR) is 85.1 cm³/mol. The third-order valence-electron chi connectivity index (χ3n) is 3.38. The number of pyridine rings is 1. The van der Waals surface area contributed by atoms with Gasteiger partial charge in [0.1, 0.15) is 5.82 Å². The second-order valence-corrected chi connectivity index (χ2v) is 5.61. The van der Waals surface area contributed by atoms with Crippen LogP contribution in [-0.2, 0) is 6.42 Å². The van der Waals surface area contributed by atoms with E-state index in [4.69, 9.17) is 11.6 Å². The molecule has 2 nitrogen and oxygen atoms in total. The van der Waals surface area contributed by atoms with Crippen molar-refractivity contribution < 1.29 is 4.39 Å². The Labute approximate surface area is 130 Å². The fraction of sp³-hybridized carbons (Fsp3) is 0.353. The Balaban J connectivity index is 2.21. The van der Waals surface area contributed by atoms with Crippen LogP contribution < -0.4 is 5.32 Å². The Morgan fingerprint density at radius 2 is 2.10 bits per heavy atom.